The highest BCUT2D eigenvalue weighted by Crippen LogP contribution is 2.02. The van der Waals surface area contributed by atoms with Crippen LogP contribution >= 0.6 is 0 Å². The first-order valence-electron chi connectivity index (χ1n) is 4.56. The van der Waals surface area contributed by atoms with Crippen LogP contribution < -0.4 is 10.6 Å². The van der Waals surface area contributed by atoms with Crippen molar-refractivity contribution in [2.75, 3.05) is 0 Å². The van der Waals surface area contributed by atoms with Crippen LogP contribution in [-0.4, -0.2) is 11.2 Å². The van der Waals surface area contributed by atoms with E-state index in [2.05, 4.69) is 22.6 Å². The lowest BCUT2D eigenvalue weighted by atomic mass is 10.2. The molecule has 0 amide bonds. The summed E-state index contributed by atoms with van der Waals surface area (Å²) in [5, 5.41) is 3.14. The van der Waals surface area contributed by atoms with Crippen LogP contribution in [0, 0.1) is 0 Å². The smallest absolute Gasteiger partial charge is 0.0644 e. The standard InChI is InChI=1S/C12H12N2/c1-3-13-8-12-9(2)10-6-4-5-7-11(10)14-12/h3-8,14H,2H2,1H3/b12-8+,13-3?. The fourth-order valence-electron chi connectivity index (χ4n) is 1.48. The van der Waals surface area contributed by atoms with Crippen LogP contribution in [0.15, 0.2) is 29.3 Å². The number of benzene rings is 1. The van der Waals surface area contributed by atoms with E-state index >= 15 is 0 Å². The Bertz CT molecular complexity index is 576. The van der Waals surface area contributed by atoms with E-state index in [0.717, 1.165) is 21.5 Å². The molecule has 14 heavy (non-hydrogen) atoms. The number of para-hydroxylation sites is 1. The Hall–Kier alpha value is -1.83. The first-order chi connectivity index (χ1) is 6.83. The van der Waals surface area contributed by atoms with Crippen molar-refractivity contribution >= 4 is 29.9 Å². The molecule has 1 N–H and O–H groups in total. The zero-order valence-electron chi connectivity index (χ0n) is 8.12. The summed E-state index contributed by atoms with van der Waals surface area (Å²) >= 11 is 0. The highest BCUT2D eigenvalue weighted by Gasteiger charge is 1.95. The van der Waals surface area contributed by atoms with E-state index < -0.39 is 0 Å². The average molecular weight is 184 g/mol. The lowest BCUT2D eigenvalue weighted by Crippen LogP contribution is -2.20. The molecule has 0 saturated heterocycles. The van der Waals surface area contributed by atoms with Crippen LogP contribution in [0.1, 0.15) is 6.92 Å². The Morgan fingerprint density at radius 2 is 2.14 bits per heavy atom. The minimum Gasteiger partial charge on any atom is -0.353 e. The van der Waals surface area contributed by atoms with Gasteiger partial charge in [0, 0.05) is 22.3 Å². The third-order valence-corrected chi connectivity index (χ3v) is 2.20. The van der Waals surface area contributed by atoms with Gasteiger partial charge >= 0.3 is 0 Å². The van der Waals surface area contributed by atoms with E-state index in [4.69, 9.17) is 0 Å². The molecule has 0 saturated carbocycles. The van der Waals surface area contributed by atoms with Crippen LogP contribution in [-0.2, 0) is 0 Å². The van der Waals surface area contributed by atoms with E-state index in [1.165, 1.54) is 0 Å². The molecule has 0 aliphatic carbocycles. The molecule has 0 radical (unpaired) electrons. The maximum absolute atomic E-state index is 4.08. The lowest BCUT2D eigenvalue weighted by Gasteiger charge is -1.84. The summed E-state index contributed by atoms with van der Waals surface area (Å²) in [7, 11) is 0. The number of fused-ring (bicyclic) bond motifs is 1. The van der Waals surface area contributed by atoms with Crippen LogP contribution in [0.4, 0.5) is 0 Å². The molecule has 1 aromatic heterocycles. The Labute approximate surface area is 82.3 Å². The zero-order valence-corrected chi connectivity index (χ0v) is 8.12. The molecule has 2 heteroatoms. The van der Waals surface area contributed by atoms with E-state index in [0.29, 0.717) is 0 Å². The average Bonchev–Trinajstić information content (AvgIpc) is 2.54. The van der Waals surface area contributed by atoms with Crippen molar-refractivity contribution in [3.05, 3.63) is 34.8 Å². The third kappa shape index (κ3) is 1.35. The maximum Gasteiger partial charge on any atom is 0.0644 e. The molecule has 0 atom stereocenters. The molecule has 2 aromatic rings. The van der Waals surface area contributed by atoms with Gasteiger partial charge in [0.1, 0.15) is 0 Å². The quantitative estimate of drug-likeness (QED) is 0.649. The van der Waals surface area contributed by atoms with Crippen molar-refractivity contribution < 1.29 is 0 Å². The van der Waals surface area contributed by atoms with Gasteiger partial charge < -0.3 is 4.98 Å². The molecule has 1 heterocycles. The van der Waals surface area contributed by atoms with Gasteiger partial charge in [-0.2, -0.15) is 0 Å². The number of nitrogens with zero attached hydrogens (tertiary/aromatic N) is 1. The van der Waals surface area contributed by atoms with Crippen LogP contribution in [0.25, 0.3) is 23.7 Å². The minimum atomic E-state index is 0.976. The largest absolute Gasteiger partial charge is 0.353 e. The fourth-order valence-corrected chi connectivity index (χ4v) is 1.48. The number of hydrogen-bond donors (Lipinski definition) is 1. The summed E-state index contributed by atoms with van der Waals surface area (Å²) in [6.45, 7) is 5.92. The Balaban J connectivity index is 2.82. The number of rotatable bonds is 1. The first-order valence-corrected chi connectivity index (χ1v) is 4.56. The van der Waals surface area contributed by atoms with Crippen molar-refractivity contribution in [3.8, 4) is 0 Å². The number of nitrogens with one attached hydrogen (secondary N) is 1. The third-order valence-electron chi connectivity index (χ3n) is 2.20. The molecular formula is C12H12N2. The molecule has 0 unspecified atom stereocenters. The topological polar surface area (TPSA) is 28.1 Å². The van der Waals surface area contributed by atoms with Gasteiger partial charge in [-0.15, -0.1) is 0 Å². The van der Waals surface area contributed by atoms with Crippen LogP contribution in [0.2, 0.25) is 0 Å². The van der Waals surface area contributed by atoms with Gasteiger partial charge in [0.25, 0.3) is 0 Å². The molecule has 0 fully saturated rings. The number of aromatic nitrogens is 1. The molecule has 0 aliphatic heterocycles. The van der Waals surface area contributed by atoms with Crippen molar-refractivity contribution in [2.45, 2.75) is 6.92 Å². The predicted octanol–water partition coefficient (Wildman–Crippen LogP) is 1.41. The second-order valence-corrected chi connectivity index (χ2v) is 3.10. The summed E-state index contributed by atoms with van der Waals surface area (Å²) < 4.78 is 0. The van der Waals surface area contributed by atoms with Gasteiger partial charge in [-0.25, -0.2) is 0 Å². The lowest BCUT2D eigenvalue weighted by molar-refractivity contribution is 1.34. The second kappa shape index (κ2) is 3.50. The van der Waals surface area contributed by atoms with Gasteiger partial charge in [0.05, 0.1) is 11.5 Å². The molecule has 70 valence electrons. The Kier molecular flexibility index (Phi) is 2.19. The Morgan fingerprint density at radius 3 is 2.86 bits per heavy atom. The van der Waals surface area contributed by atoms with Crippen molar-refractivity contribution in [1.82, 2.24) is 4.98 Å². The summed E-state index contributed by atoms with van der Waals surface area (Å²) in [5.41, 5.74) is 1.11. The van der Waals surface area contributed by atoms with Gasteiger partial charge in [-0.1, -0.05) is 24.8 Å². The van der Waals surface area contributed by atoms with E-state index in [1.807, 2.05) is 25.1 Å². The maximum atomic E-state index is 4.08. The summed E-state index contributed by atoms with van der Waals surface area (Å²) in [6, 6.07) is 8.11. The van der Waals surface area contributed by atoms with E-state index in [9.17, 15) is 0 Å². The molecule has 0 aliphatic rings. The molecular weight excluding hydrogens is 172 g/mol. The summed E-state index contributed by atoms with van der Waals surface area (Å²) in [6.07, 6.45) is 3.55. The second-order valence-electron chi connectivity index (χ2n) is 3.10. The van der Waals surface area contributed by atoms with Crippen LogP contribution in [0.3, 0.4) is 0 Å². The highest BCUT2D eigenvalue weighted by molar-refractivity contribution is 5.80. The van der Waals surface area contributed by atoms with E-state index in [1.54, 1.807) is 12.4 Å². The minimum absolute atomic E-state index is 0.976. The molecule has 0 spiro atoms. The van der Waals surface area contributed by atoms with Crippen molar-refractivity contribution in [2.24, 2.45) is 4.99 Å². The molecule has 1 aromatic carbocycles. The van der Waals surface area contributed by atoms with Gasteiger partial charge in [-0.3, -0.25) is 4.99 Å². The SMILES string of the molecule is C=c1/c(=C\N=CC)[nH]c2ccccc12. The summed E-state index contributed by atoms with van der Waals surface area (Å²) in [5.74, 6) is 0. The number of aromatic amines is 1. The summed E-state index contributed by atoms with van der Waals surface area (Å²) in [4.78, 5) is 7.34. The van der Waals surface area contributed by atoms with E-state index in [-0.39, 0.29) is 0 Å². The van der Waals surface area contributed by atoms with Gasteiger partial charge in [-0.05, 0) is 13.0 Å². The van der Waals surface area contributed by atoms with Gasteiger partial charge in [0.2, 0.25) is 0 Å². The number of hydrogen-bond acceptors (Lipinski definition) is 1. The highest BCUT2D eigenvalue weighted by atomic mass is 14.7. The Morgan fingerprint density at radius 1 is 1.36 bits per heavy atom. The zero-order chi connectivity index (χ0) is 9.97. The predicted molar refractivity (Wildman–Crippen MR) is 61.7 cm³/mol. The van der Waals surface area contributed by atoms with Crippen LogP contribution in [0.5, 0.6) is 0 Å². The number of aliphatic imine (C=N–C) groups is 1. The van der Waals surface area contributed by atoms with Crippen molar-refractivity contribution in [3.63, 3.8) is 0 Å². The fraction of sp³-hybridized carbons (Fsp3) is 0.0833. The first kappa shape index (κ1) is 8.75. The molecule has 2 rings (SSSR count). The normalized spacial score (nSPS) is 13.1. The van der Waals surface area contributed by atoms with Gasteiger partial charge in [0.15, 0.2) is 0 Å². The number of H-pyrrole nitrogens is 1. The monoisotopic (exact) mass is 184 g/mol. The molecule has 0 bridgehead atoms. The molecule has 2 nitrogen and oxygen atoms in total. The van der Waals surface area contributed by atoms with Crippen molar-refractivity contribution in [1.29, 1.82) is 0 Å².